The SMILES string of the molecule is CC(NC(CCc1ccccc1)C(=O)O)C(=O)N1C(=O)N(C)CC1C(=O)OCCOCCON(O)O. The highest BCUT2D eigenvalue weighted by Gasteiger charge is 2.46. The molecule has 1 saturated heterocycles. The summed E-state index contributed by atoms with van der Waals surface area (Å²) in [6.07, 6.45) is 0.689. The summed E-state index contributed by atoms with van der Waals surface area (Å²) in [5.41, 5.74) is 0.948. The number of aliphatic carboxylic acids is 1. The van der Waals surface area contributed by atoms with Crippen LogP contribution in [0.3, 0.4) is 0 Å². The molecule has 4 N–H and O–H groups in total. The molecule has 3 atom stereocenters. The smallest absolute Gasteiger partial charge is 0.331 e. The Labute approximate surface area is 207 Å². The van der Waals surface area contributed by atoms with Crippen molar-refractivity contribution >= 4 is 23.9 Å². The summed E-state index contributed by atoms with van der Waals surface area (Å²) in [4.78, 5) is 56.3. The molecule has 1 aliphatic rings. The van der Waals surface area contributed by atoms with Crippen molar-refractivity contribution in [2.24, 2.45) is 0 Å². The summed E-state index contributed by atoms with van der Waals surface area (Å²) in [7, 11) is 1.43. The molecular weight excluding hydrogens is 480 g/mol. The number of nitrogens with one attached hydrogen (secondary N) is 1. The van der Waals surface area contributed by atoms with Crippen molar-refractivity contribution in [1.82, 2.24) is 20.5 Å². The van der Waals surface area contributed by atoms with E-state index in [0.29, 0.717) is 6.42 Å². The average molecular weight is 513 g/mol. The second kappa shape index (κ2) is 14.4. The summed E-state index contributed by atoms with van der Waals surface area (Å²) in [5, 5.41) is 28.7. The predicted molar refractivity (Wildman–Crippen MR) is 121 cm³/mol. The normalized spacial score (nSPS) is 17.4. The number of hydrogen-bond acceptors (Lipinski definition) is 11. The Morgan fingerprint density at radius 3 is 2.44 bits per heavy atom. The van der Waals surface area contributed by atoms with E-state index >= 15 is 0 Å². The van der Waals surface area contributed by atoms with E-state index in [4.69, 9.17) is 19.9 Å². The zero-order valence-corrected chi connectivity index (χ0v) is 20.1. The molecule has 2 rings (SSSR count). The fraction of sp³-hybridized carbons (Fsp3) is 0.545. The fourth-order valence-corrected chi connectivity index (χ4v) is 3.56. The van der Waals surface area contributed by atoms with Gasteiger partial charge in [-0.3, -0.25) is 25.3 Å². The number of esters is 1. The number of hydrogen-bond donors (Lipinski definition) is 4. The maximum atomic E-state index is 13.1. The first-order valence-electron chi connectivity index (χ1n) is 11.3. The summed E-state index contributed by atoms with van der Waals surface area (Å²) in [6, 6.07) is 5.29. The van der Waals surface area contributed by atoms with Crippen molar-refractivity contribution in [2.45, 2.75) is 37.9 Å². The standard InChI is InChI=1S/C22H32N4O10/c1-15(23-17(20(28)29)9-8-16-6-4-3-5-7-16)19(27)25-18(14-24(2)22(25)31)21(30)35-12-10-34-11-13-36-26(32)33/h3-7,15,17-18,23,32-33H,8-14H2,1-2H3,(H,28,29). The van der Waals surface area contributed by atoms with Gasteiger partial charge in [-0.2, -0.15) is 0 Å². The topological polar surface area (TPSA) is 178 Å². The Kier molecular flexibility index (Phi) is 11.7. The lowest BCUT2D eigenvalue weighted by molar-refractivity contribution is -0.493. The van der Waals surface area contributed by atoms with E-state index in [9.17, 15) is 24.3 Å². The van der Waals surface area contributed by atoms with Crippen LogP contribution in [-0.2, 0) is 35.1 Å². The Hall–Kier alpha value is -3.14. The van der Waals surface area contributed by atoms with Crippen LogP contribution in [-0.4, -0.2) is 113 Å². The molecule has 0 bridgehead atoms. The van der Waals surface area contributed by atoms with Gasteiger partial charge in [0.15, 0.2) is 6.04 Å². The number of likely N-dealkylation sites (N-methyl/N-ethyl adjacent to an activating group) is 1. The van der Waals surface area contributed by atoms with Gasteiger partial charge in [-0.1, -0.05) is 30.3 Å². The van der Waals surface area contributed by atoms with Gasteiger partial charge in [0.1, 0.15) is 12.6 Å². The largest absolute Gasteiger partial charge is 0.480 e. The number of benzene rings is 1. The molecule has 1 fully saturated rings. The average Bonchev–Trinajstić information content (AvgIpc) is 3.14. The van der Waals surface area contributed by atoms with E-state index in [1.54, 1.807) is 0 Å². The van der Waals surface area contributed by atoms with Crippen molar-refractivity contribution in [3.05, 3.63) is 35.9 Å². The van der Waals surface area contributed by atoms with Gasteiger partial charge in [-0.05, 0) is 25.3 Å². The number of carboxylic acid groups (broad SMARTS) is 1. The number of urea groups is 1. The number of carbonyl (C=O) groups is 4. The number of carbonyl (C=O) groups excluding carboxylic acids is 3. The maximum absolute atomic E-state index is 13.1. The first kappa shape index (κ1) is 29.1. The number of ether oxygens (including phenoxy) is 2. The van der Waals surface area contributed by atoms with Crippen LogP contribution in [0.25, 0.3) is 0 Å². The molecule has 36 heavy (non-hydrogen) atoms. The number of rotatable bonds is 15. The van der Waals surface area contributed by atoms with Crippen molar-refractivity contribution in [3.63, 3.8) is 0 Å². The summed E-state index contributed by atoms with van der Waals surface area (Å²) < 4.78 is 10.2. The van der Waals surface area contributed by atoms with Gasteiger partial charge in [-0.25, -0.2) is 19.3 Å². The van der Waals surface area contributed by atoms with Gasteiger partial charge >= 0.3 is 18.0 Å². The minimum Gasteiger partial charge on any atom is -0.480 e. The van der Waals surface area contributed by atoms with E-state index in [0.717, 1.165) is 10.5 Å². The Morgan fingerprint density at radius 1 is 1.14 bits per heavy atom. The second-order valence-corrected chi connectivity index (χ2v) is 8.06. The van der Waals surface area contributed by atoms with Crippen LogP contribution in [0.1, 0.15) is 18.9 Å². The molecule has 0 spiro atoms. The molecule has 0 aliphatic carbocycles. The lowest BCUT2D eigenvalue weighted by Gasteiger charge is -2.26. The second-order valence-electron chi connectivity index (χ2n) is 8.06. The number of aryl methyl sites for hydroxylation is 1. The third kappa shape index (κ3) is 8.82. The first-order valence-corrected chi connectivity index (χ1v) is 11.3. The van der Waals surface area contributed by atoms with Crippen molar-refractivity contribution < 1.29 is 49.0 Å². The predicted octanol–water partition coefficient (Wildman–Crippen LogP) is -0.115. The number of carboxylic acids is 1. The number of imide groups is 1. The van der Waals surface area contributed by atoms with Gasteiger partial charge in [0, 0.05) is 7.05 Å². The summed E-state index contributed by atoms with van der Waals surface area (Å²) in [6.45, 7) is 0.984. The fourth-order valence-electron chi connectivity index (χ4n) is 3.56. The summed E-state index contributed by atoms with van der Waals surface area (Å²) >= 11 is 0. The van der Waals surface area contributed by atoms with Crippen LogP contribution >= 0.6 is 0 Å². The zero-order chi connectivity index (χ0) is 26.7. The van der Waals surface area contributed by atoms with Gasteiger partial charge in [-0.15, -0.1) is 0 Å². The molecular formula is C22H32N4O10. The van der Waals surface area contributed by atoms with E-state index < -0.39 is 47.4 Å². The minimum atomic E-state index is -1.20. The molecule has 1 aliphatic heterocycles. The van der Waals surface area contributed by atoms with E-state index in [2.05, 4.69) is 10.2 Å². The highest BCUT2D eigenvalue weighted by Crippen LogP contribution is 2.18. The van der Waals surface area contributed by atoms with Crippen LogP contribution in [0.15, 0.2) is 30.3 Å². The number of amides is 3. The Morgan fingerprint density at radius 2 is 1.81 bits per heavy atom. The van der Waals surface area contributed by atoms with Crippen LogP contribution in [0.4, 0.5) is 4.79 Å². The monoisotopic (exact) mass is 512 g/mol. The molecule has 1 aromatic rings. The molecule has 0 aromatic heterocycles. The van der Waals surface area contributed by atoms with Crippen LogP contribution in [0, 0.1) is 0 Å². The van der Waals surface area contributed by atoms with Gasteiger partial charge in [0.25, 0.3) is 0 Å². The van der Waals surface area contributed by atoms with E-state index in [-0.39, 0.29) is 39.4 Å². The molecule has 200 valence electrons. The lowest BCUT2D eigenvalue weighted by atomic mass is 10.0. The highest BCUT2D eigenvalue weighted by atomic mass is 17.1. The van der Waals surface area contributed by atoms with E-state index in [1.807, 2.05) is 30.3 Å². The summed E-state index contributed by atoms with van der Waals surface area (Å²) in [5.74, 6) is -2.70. The quantitative estimate of drug-likeness (QED) is 0.139. The van der Waals surface area contributed by atoms with Crippen molar-refractivity contribution in [2.75, 3.05) is 40.0 Å². The van der Waals surface area contributed by atoms with Crippen molar-refractivity contribution in [1.29, 1.82) is 0 Å². The molecule has 0 saturated carbocycles. The van der Waals surface area contributed by atoms with Crippen LogP contribution in [0.5, 0.6) is 0 Å². The third-order valence-corrected chi connectivity index (χ3v) is 5.39. The number of nitrogens with zero attached hydrogens (tertiary/aromatic N) is 3. The Balaban J connectivity index is 1.91. The molecule has 0 radical (unpaired) electrons. The highest BCUT2D eigenvalue weighted by molar-refractivity contribution is 6.03. The van der Waals surface area contributed by atoms with Gasteiger partial charge in [0.05, 0.1) is 37.8 Å². The third-order valence-electron chi connectivity index (χ3n) is 5.39. The molecule has 1 aromatic carbocycles. The Bertz CT molecular complexity index is 885. The molecule has 14 heteroatoms. The van der Waals surface area contributed by atoms with E-state index in [1.165, 1.54) is 18.9 Å². The minimum absolute atomic E-state index is 0.0113. The van der Waals surface area contributed by atoms with Crippen LogP contribution < -0.4 is 5.32 Å². The van der Waals surface area contributed by atoms with Gasteiger partial charge < -0.3 is 19.5 Å². The first-order chi connectivity index (χ1) is 17.1. The molecule has 3 amide bonds. The molecule has 3 unspecified atom stereocenters. The van der Waals surface area contributed by atoms with Gasteiger partial charge in [0.2, 0.25) is 5.91 Å². The molecule has 1 heterocycles. The lowest BCUT2D eigenvalue weighted by Crippen LogP contribution is -2.54. The van der Waals surface area contributed by atoms with Crippen LogP contribution in [0.2, 0.25) is 0 Å². The maximum Gasteiger partial charge on any atom is 0.331 e. The molecule has 14 nitrogen and oxygen atoms in total. The van der Waals surface area contributed by atoms with Crippen molar-refractivity contribution in [3.8, 4) is 0 Å². The zero-order valence-electron chi connectivity index (χ0n) is 20.1.